The maximum Gasteiger partial charge on any atom is 0.119 e. The molecule has 2 heteroatoms. The van der Waals surface area contributed by atoms with Crippen molar-refractivity contribution >= 4 is 0 Å². The molecule has 16 heavy (non-hydrogen) atoms. The zero-order chi connectivity index (χ0) is 11.8. The van der Waals surface area contributed by atoms with Gasteiger partial charge in [0.1, 0.15) is 5.75 Å². The first-order valence-corrected chi connectivity index (χ1v) is 6.09. The van der Waals surface area contributed by atoms with Crippen LogP contribution < -0.4 is 4.74 Å². The summed E-state index contributed by atoms with van der Waals surface area (Å²) in [5, 5.41) is 0. The lowest BCUT2D eigenvalue weighted by molar-refractivity contribution is 0.340. The molecule has 0 aromatic heterocycles. The van der Waals surface area contributed by atoms with Gasteiger partial charge in [0.2, 0.25) is 0 Å². The lowest BCUT2D eigenvalue weighted by Crippen LogP contribution is -2.12. The van der Waals surface area contributed by atoms with Crippen molar-refractivity contribution in [3.05, 3.63) is 29.8 Å². The van der Waals surface area contributed by atoms with E-state index < -0.39 is 0 Å². The van der Waals surface area contributed by atoms with Gasteiger partial charge in [-0.1, -0.05) is 12.1 Å². The summed E-state index contributed by atoms with van der Waals surface area (Å²) < 4.78 is 5.41. The van der Waals surface area contributed by atoms with Gasteiger partial charge in [-0.2, -0.15) is 0 Å². The Balaban J connectivity index is 2.26. The van der Waals surface area contributed by atoms with Gasteiger partial charge in [-0.3, -0.25) is 0 Å². The Morgan fingerprint density at radius 3 is 2.31 bits per heavy atom. The summed E-state index contributed by atoms with van der Waals surface area (Å²) in [4.78, 5) is 2.23. The minimum Gasteiger partial charge on any atom is -0.494 e. The average molecular weight is 221 g/mol. The molecule has 0 amide bonds. The largest absolute Gasteiger partial charge is 0.494 e. The molecule has 1 aromatic rings. The molecule has 1 aromatic carbocycles. The van der Waals surface area contributed by atoms with Crippen LogP contribution in [0.4, 0.5) is 0 Å². The fourth-order valence-electron chi connectivity index (χ4n) is 1.68. The second-order valence-corrected chi connectivity index (χ2v) is 4.34. The van der Waals surface area contributed by atoms with Crippen LogP contribution in [0.15, 0.2) is 24.3 Å². The summed E-state index contributed by atoms with van der Waals surface area (Å²) in [6.45, 7) is 3.92. The van der Waals surface area contributed by atoms with E-state index in [1.54, 1.807) is 0 Å². The quantitative estimate of drug-likeness (QED) is 0.656. The lowest BCUT2D eigenvalue weighted by Gasteiger charge is -2.09. The monoisotopic (exact) mass is 221 g/mol. The number of rotatable bonds is 7. The van der Waals surface area contributed by atoms with E-state index in [-0.39, 0.29) is 0 Å². The zero-order valence-corrected chi connectivity index (χ0v) is 10.7. The Hall–Kier alpha value is -1.02. The van der Waals surface area contributed by atoms with Gasteiger partial charge in [0.25, 0.3) is 0 Å². The Morgan fingerprint density at radius 1 is 1.06 bits per heavy atom. The third kappa shape index (κ3) is 5.17. The van der Waals surface area contributed by atoms with E-state index in [0.717, 1.165) is 12.4 Å². The van der Waals surface area contributed by atoms with E-state index in [1.165, 1.54) is 31.4 Å². The summed E-state index contributed by atoms with van der Waals surface area (Å²) in [5.41, 5.74) is 1.40. The van der Waals surface area contributed by atoms with Crippen LogP contribution in [0.1, 0.15) is 25.3 Å². The summed E-state index contributed by atoms with van der Waals surface area (Å²) in [7, 11) is 4.24. The molecule has 0 aliphatic rings. The van der Waals surface area contributed by atoms with Gasteiger partial charge in [0.15, 0.2) is 0 Å². The molecular formula is C14H23NO. The van der Waals surface area contributed by atoms with Crippen LogP contribution in [0.5, 0.6) is 5.75 Å². The molecule has 0 unspecified atom stereocenters. The molecule has 0 bridgehead atoms. The molecule has 0 saturated heterocycles. The van der Waals surface area contributed by atoms with E-state index in [2.05, 4.69) is 43.3 Å². The SMILES string of the molecule is CCOc1ccc(CCCCN(C)C)cc1. The molecule has 0 aliphatic heterocycles. The minimum atomic E-state index is 0.738. The van der Waals surface area contributed by atoms with Crippen LogP contribution >= 0.6 is 0 Å². The van der Waals surface area contributed by atoms with Gasteiger partial charge in [0, 0.05) is 0 Å². The Morgan fingerprint density at radius 2 is 1.75 bits per heavy atom. The molecule has 0 heterocycles. The van der Waals surface area contributed by atoms with Crippen molar-refractivity contribution in [3.8, 4) is 5.75 Å². The summed E-state index contributed by atoms with van der Waals surface area (Å²) in [6.07, 6.45) is 3.69. The van der Waals surface area contributed by atoms with Crippen LogP contribution in [0.2, 0.25) is 0 Å². The molecule has 90 valence electrons. The van der Waals surface area contributed by atoms with Gasteiger partial charge >= 0.3 is 0 Å². The second kappa shape index (κ2) is 7.29. The Kier molecular flexibility index (Phi) is 5.94. The minimum absolute atomic E-state index is 0.738. The highest BCUT2D eigenvalue weighted by atomic mass is 16.5. The fraction of sp³-hybridized carbons (Fsp3) is 0.571. The third-order valence-electron chi connectivity index (χ3n) is 2.56. The zero-order valence-electron chi connectivity index (χ0n) is 10.7. The van der Waals surface area contributed by atoms with Crippen molar-refractivity contribution in [2.24, 2.45) is 0 Å². The number of unbranched alkanes of at least 4 members (excludes halogenated alkanes) is 1. The number of benzene rings is 1. The molecule has 0 N–H and O–H groups in total. The molecule has 2 nitrogen and oxygen atoms in total. The van der Waals surface area contributed by atoms with Crippen LogP contribution in [0.25, 0.3) is 0 Å². The molecule has 0 atom stereocenters. The summed E-state index contributed by atoms with van der Waals surface area (Å²) in [6, 6.07) is 8.46. The highest BCUT2D eigenvalue weighted by Crippen LogP contribution is 2.13. The number of hydrogen-bond acceptors (Lipinski definition) is 2. The Bertz CT molecular complexity index is 279. The van der Waals surface area contributed by atoms with Gasteiger partial charge in [-0.25, -0.2) is 0 Å². The van der Waals surface area contributed by atoms with Crippen molar-refractivity contribution < 1.29 is 4.74 Å². The lowest BCUT2D eigenvalue weighted by atomic mass is 10.1. The number of aryl methyl sites for hydroxylation is 1. The van der Waals surface area contributed by atoms with Crippen molar-refractivity contribution in [2.75, 3.05) is 27.2 Å². The van der Waals surface area contributed by atoms with E-state index in [9.17, 15) is 0 Å². The summed E-state index contributed by atoms with van der Waals surface area (Å²) in [5.74, 6) is 0.972. The first kappa shape index (κ1) is 13.0. The van der Waals surface area contributed by atoms with Crippen LogP contribution in [-0.4, -0.2) is 32.1 Å². The topological polar surface area (TPSA) is 12.5 Å². The van der Waals surface area contributed by atoms with Crippen molar-refractivity contribution in [2.45, 2.75) is 26.2 Å². The molecule has 0 fully saturated rings. The number of ether oxygens (including phenoxy) is 1. The van der Waals surface area contributed by atoms with E-state index in [1.807, 2.05) is 6.92 Å². The smallest absolute Gasteiger partial charge is 0.119 e. The van der Waals surface area contributed by atoms with Crippen LogP contribution in [-0.2, 0) is 6.42 Å². The standard InChI is InChI=1S/C14H23NO/c1-4-16-14-10-8-13(9-11-14)7-5-6-12-15(2)3/h8-11H,4-7,12H2,1-3H3. The van der Waals surface area contributed by atoms with Gasteiger partial charge < -0.3 is 9.64 Å². The number of nitrogens with zero attached hydrogens (tertiary/aromatic N) is 1. The molecule has 1 rings (SSSR count). The molecule has 0 aliphatic carbocycles. The summed E-state index contributed by atoms with van der Waals surface area (Å²) >= 11 is 0. The van der Waals surface area contributed by atoms with Gasteiger partial charge in [0.05, 0.1) is 6.61 Å². The van der Waals surface area contributed by atoms with Crippen molar-refractivity contribution in [1.82, 2.24) is 4.90 Å². The predicted molar refractivity (Wildman–Crippen MR) is 69.1 cm³/mol. The Labute approximate surface area is 99.2 Å². The molecule has 0 radical (unpaired) electrons. The van der Waals surface area contributed by atoms with Crippen LogP contribution in [0, 0.1) is 0 Å². The predicted octanol–water partition coefficient (Wildman–Crippen LogP) is 2.97. The van der Waals surface area contributed by atoms with Gasteiger partial charge in [-0.05, 0) is 64.5 Å². The molecule has 0 spiro atoms. The maximum atomic E-state index is 5.41. The first-order valence-electron chi connectivity index (χ1n) is 6.09. The van der Waals surface area contributed by atoms with E-state index in [0.29, 0.717) is 0 Å². The van der Waals surface area contributed by atoms with E-state index >= 15 is 0 Å². The van der Waals surface area contributed by atoms with Crippen LogP contribution in [0.3, 0.4) is 0 Å². The van der Waals surface area contributed by atoms with Crippen molar-refractivity contribution in [1.29, 1.82) is 0 Å². The van der Waals surface area contributed by atoms with Gasteiger partial charge in [-0.15, -0.1) is 0 Å². The highest BCUT2D eigenvalue weighted by molar-refractivity contribution is 5.27. The van der Waals surface area contributed by atoms with Crippen molar-refractivity contribution in [3.63, 3.8) is 0 Å². The first-order chi connectivity index (χ1) is 7.72. The highest BCUT2D eigenvalue weighted by Gasteiger charge is 1.96. The second-order valence-electron chi connectivity index (χ2n) is 4.34. The molecular weight excluding hydrogens is 198 g/mol. The normalized spacial score (nSPS) is 10.8. The average Bonchev–Trinajstić information content (AvgIpc) is 2.27. The number of hydrogen-bond donors (Lipinski definition) is 0. The maximum absolute atomic E-state index is 5.41. The molecule has 0 saturated carbocycles. The third-order valence-corrected chi connectivity index (χ3v) is 2.56. The van der Waals surface area contributed by atoms with E-state index in [4.69, 9.17) is 4.74 Å². The fourth-order valence-corrected chi connectivity index (χ4v) is 1.68.